The number of rotatable bonds is 3. The van der Waals surface area contributed by atoms with Crippen LogP contribution in [0, 0.1) is 0 Å². The zero-order valence-electron chi connectivity index (χ0n) is 32.7. The molecule has 14 aromatic rings. The van der Waals surface area contributed by atoms with Gasteiger partial charge in [0.1, 0.15) is 11.2 Å². The number of hydrogen-bond donors (Lipinski definition) is 0. The van der Waals surface area contributed by atoms with Crippen LogP contribution in [0.2, 0.25) is 0 Å². The average Bonchev–Trinajstić information content (AvgIpc) is 4.00. The molecule has 0 aliphatic rings. The van der Waals surface area contributed by atoms with Crippen LogP contribution < -0.4 is 0 Å². The van der Waals surface area contributed by atoms with Gasteiger partial charge in [0.2, 0.25) is 0 Å². The van der Waals surface area contributed by atoms with E-state index in [-0.39, 0.29) is 0 Å². The van der Waals surface area contributed by atoms with Crippen LogP contribution in [-0.4, -0.2) is 0 Å². The van der Waals surface area contributed by atoms with Crippen molar-refractivity contribution in [2.24, 2.45) is 0 Å². The Morgan fingerprint density at radius 3 is 1.66 bits per heavy atom. The molecule has 11 aromatic carbocycles. The van der Waals surface area contributed by atoms with E-state index in [4.69, 9.17) is 4.42 Å². The predicted molar refractivity (Wildman–Crippen MR) is 266 cm³/mol. The van der Waals surface area contributed by atoms with Gasteiger partial charge in [0.15, 0.2) is 0 Å². The van der Waals surface area contributed by atoms with Gasteiger partial charge in [0, 0.05) is 62.1 Å². The molecule has 14 rings (SSSR count). The van der Waals surface area contributed by atoms with E-state index in [1.54, 1.807) is 0 Å². The molecule has 0 unspecified atom stereocenters. The van der Waals surface area contributed by atoms with Crippen LogP contribution in [0.25, 0.3) is 139 Å². The second kappa shape index (κ2) is 12.6. The summed E-state index contributed by atoms with van der Waals surface area (Å²) in [6, 6.07) is 71.7. The second-order valence-electron chi connectivity index (χ2n) is 16.3. The Morgan fingerprint density at radius 2 is 0.869 bits per heavy atom. The third-order valence-electron chi connectivity index (χ3n) is 13.0. The second-order valence-corrected chi connectivity index (χ2v) is 18.4. The van der Waals surface area contributed by atoms with Crippen molar-refractivity contribution >= 4 is 128 Å². The highest BCUT2D eigenvalue weighted by Gasteiger charge is 2.22. The largest absolute Gasteiger partial charge is 0.455 e. The van der Waals surface area contributed by atoms with Crippen LogP contribution in [0.4, 0.5) is 0 Å². The molecular weight excluding hydrogens is 777 g/mol. The summed E-state index contributed by atoms with van der Waals surface area (Å²) in [5.74, 6) is 0. The molecule has 0 radical (unpaired) electrons. The van der Waals surface area contributed by atoms with E-state index < -0.39 is 0 Å². The van der Waals surface area contributed by atoms with Crippen molar-refractivity contribution in [3.8, 4) is 33.4 Å². The lowest BCUT2D eigenvalue weighted by Crippen LogP contribution is -1.91. The highest BCUT2D eigenvalue weighted by Crippen LogP contribution is 2.49. The van der Waals surface area contributed by atoms with Crippen molar-refractivity contribution in [1.82, 2.24) is 0 Å². The Kier molecular flexibility index (Phi) is 6.93. The molecular formula is C58H32OS2. The Labute approximate surface area is 357 Å². The van der Waals surface area contributed by atoms with Crippen molar-refractivity contribution in [3.63, 3.8) is 0 Å². The van der Waals surface area contributed by atoms with Gasteiger partial charge in [-0.3, -0.25) is 0 Å². The summed E-state index contributed by atoms with van der Waals surface area (Å²) >= 11 is 3.80. The van der Waals surface area contributed by atoms with Crippen LogP contribution >= 0.6 is 22.7 Å². The minimum Gasteiger partial charge on any atom is -0.455 e. The highest BCUT2D eigenvalue weighted by molar-refractivity contribution is 7.28. The van der Waals surface area contributed by atoms with Crippen LogP contribution in [0.1, 0.15) is 0 Å². The fourth-order valence-corrected chi connectivity index (χ4v) is 12.7. The predicted octanol–water partition coefficient (Wildman–Crippen LogP) is 17.9. The third-order valence-corrected chi connectivity index (χ3v) is 15.4. The minimum atomic E-state index is 0.894. The summed E-state index contributed by atoms with van der Waals surface area (Å²) in [4.78, 5) is 0. The van der Waals surface area contributed by atoms with Crippen molar-refractivity contribution in [2.45, 2.75) is 0 Å². The molecule has 0 aliphatic carbocycles. The molecule has 0 fully saturated rings. The lowest BCUT2D eigenvalue weighted by atomic mass is 9.84. The molecule has 61 heavy (non-hydrogen) atoms. The summed E-state index contributed by atoms with van der Waals surface area (Å²) in [6.45, 7) is 0. The molecule has 3 heteroatoms. The Bertz CT molecular complexity index is 4120. The number of fused-ring (bicyclic) bond motifs is 14. The quantitative estimate of drug-likeness (QED) is 0.162. The van der Waals surface area contributed by atoms with Gasteiger partial charge < -0.3 is 4.42 Å². The van der Waals surface area contributed by atoms with Gasteiger partial charge in [-0.15, -0.1) is 22.7 Å². The summed E-state index contributed by atoms with van der Waals surface area (Å²) in [7, 11) is 0. The van der Waals surface area contributed by atoms with Gasteiger partial charge >= 0.3 is 0 Å². The fourth-order valence-electron chi connectivity index (χ4n) is 10.4. The van der Waals surface area contributed by atoms with Crippen LogP contribution in [-0.2, 0) is 0 Å². The van der Waals surface area contributed by atoms with Crippen molar-refractivity contribution in [1.29, 1.82) is 0 Å². The fraction of sp³-hybridized carbons (Fsp3) is 0. The first-order chi connectivity index (χ1) is 30.2. The first-order valence-corrected chi connectivity index (χ1v) is 22.5. The first kappa shape index (κ1) is 33.5. The highest BCUT2D eigenvalue weighted by atomic mass is 32.1. The molecule has 3 aromatic heterocycles. The zero-order valence-corrected chi connectivity index (χ0v) is 34.3. The summed E-state index contributed by atoms with van der Waals surface area (Å²) in [5, 5.41) is 17.6. The van der Waals surface area contributed by atoms with E-state index in [0.717, 1.165) is 27.5 Å². The minimum absolute atomic E-state index is 0.894. The molecule has 0 spiro atoms. The van der Waals surface area contributed by atoms with Crippen LogP contribution in [0.15, 0.2) is 199 Å². The molecule has 1 nitrogen and oxygen atoms in total. The molecule has 0 amide bonds. The normalized spacial score (nSPS) is 12.3. The van der Waals surface area contributed by atoms with Crippen molar-refractivity contribution in [2.75, 3.05) is 0 Å². The Hall–Kier alpha value is -7.30. The Morgan fingerprint density at radius 1 is 0.295 bits per heavy atom. The SMILES string of the molecule is c1ccc2c(-c3c4ccccc4c(-c4ccc5oc6c(-c7cc8c9cc%10sc%11ccccc%11c%10cc9sc8c8ccccc78)cccc6c5c4)c4ccccc34)cccc2c1. The maximum atomic E-state index is 6.95. The van der Waals surface area contributed by atoms with Gasteiger partial charge in [-0.2, -0.15) is 0 Å². The van der Waals surface area contributed by atoms with E-state index in [0.29, 0.717) is 0 Å². The molecule has 0 N–H and O–H groups in total. The van der Waals surface area contributed by atoms with Crippen LogP contribution in [0.3, 0.4) is 0 Å². The van der Waals surface area contributed by atoms with Gasteiger partial charge in [-0.25, -0.2) is 0 Å². The first-order valence-electron chi connectivity index (χ1n) is 20.8. The van der Waals surface area contributed by atoms with Gasteiger partial charge in [0.25, 0.3) is 0 Å². The molecule has 0 saturated carbocycles. The summed E-state index contributed by atoms with van der Waals surface area (Å²) < 4.78 is 12.3. The number of hydrogen-bond acceptors (Lipinski definition) is 3. The third kappa shape index (κ3) is 4.76. The van der Waals surface area contributed by atoms with E-state index in [1.165, 1.54) is 111 Å². The van der Waals surface area contributed by atoms with Gasteiger partial charge in [0.05, 0.1) is 0 Å². The average molecular weight is 809 g/mol. The lowest BCUT2D eigenvalue weighted by Gasteiger charge is -2.18. The van der Waals surface area contributed by atoms with Crippen molar-refractivity contribution in [3.05, 3.63) is 194 Å². The lowest BCUT2D eigenvalue weighted by molar-refractivity contribution is 0.670. The van der Waals surface area contributed by atoms with Gasteiger partial charge in [-0.1, -0.05) is 158 Å². The number of para-hydroxylation sites is 1. The molecule has 0 bridgehead atoms. The number of furan rings is 1. The summed E-state index contributed by atoms with van der Waals surface area (Å²) in [6.07, 6.45) is 0. The maximum Gasteiger partial charge on any atom is 0.143 e. The van der Waals surface area contributed by atoms with E-state index in [1.807, 2.05) is 22.7 Å². The summed E-state index contributed by atoms with van der Waals surface area (Å²) in [5.41, 5.74) is 9.10. The number of thiophene rings is 2. The molecule has 0 atom stereocenters. The van der Waals surface area contributed by atoms with E-state index >= 15 is 0 Å². The maximum absolute atomic E-state index is 6.95. The smallest absolute Gasteiger partial charge is 0.143 e. The monoisotopic (exact) mass is 808 g/mol. The number of benzene rings is 11. The molecule has 282 valence electrons. The van der Waals surface area contributed by atoms with Crippen molar-refractivity contribution < 1.29 is 4.42 Å². The molecule has 0 saturated heterocycles. The van der Waals surface area contributed by atoms with E-state index in [9.17, 15) is 0 Å². The standard InChI is InChI=1S/C58H32OS2/c1-2-15-35-33(13-1)14-11-23-38(35)56-41-20-6-4-18-39(41)55(40-19-5-7-21-42(40)56)34-27-28-51-47(29-34)44-25-12-24-43(57(44)59-51)46-30-50-49-32-53-48(37-17-9-10-26-52(37)60-53)31-54(49)61-58(50)45-22-8-3-16-36(45)46/h1-32H. The topological polar surface area (TPSA) is 13.1 Å². The van der Waals surface area contributed by atoms with Gasteiger partial charge in [-0.05, 0) is 102 Å². The zero-order chi connectivity index (χ0) is 39.8. The molecule has 0 aliphatic heterocycles. The van der Waals surface area contributed by atoms with Crippen LogP contribution in [0.5, 0.6) is 0 Å². The Balaban J connectivity index is 0.996. The molecule has 3 heterocycles. The van der Waals surface area contributed by atoms with E-state index in [2.05, 4.69) is 194 Å².